The number of benzene rings is 1. The molecule has 1 aromatic carbocycles. The third-order valence-corrected chi connectivity index (χ3v) is 5.00. The Kier molecular flexibility index (Phi) is 6.29. The van der Waals surface area contributed by atoms with Crippen molar-refractivity contribution in [3.05, 3.63) is 53.7 Å². The number of likely N-dealkylation sites (tertiary alicyclic amines) is 1. The second-order valence-electron chi connectivity index (χ2n) is 7.01. The minimum atomic E-state index is -0.0837. The number of nitrogens with one attached hydrogen (secondary N) is 1. The smallest absolute Gasteiger partial charge is 0.251 e. The first-order valence-electron chi connectivity index (χ1n) is 9.38. The average molecular weight is 368 g/mol. The van der Waals surface area contributed by atoms with Crippen LogP contribution in [0.15, 0.2) is 42.6 Å². The molecule has 1 aliphatic heterocycles. The number of aromatic nitrogens is 1. The molecule has 0 aliphatic carbocycles. The van der Waals surface area contributed by atoms with E-state index in [-0.39, 0.29) is 11.9 Å². The zero-order chi connectivity index (χ0) is 19.2. The lowest BCUT2D eigenvalue weighted by atomic mass is 10.0. The lowest BCUT2D eigenvalue weighted by Crippen LogP contribution is -2.37. The lowest BCUT2D eigenvalue weighted by molar-refractivity contribution is 0.0937. The van der Waals surface area contributed by atoms with Crippen molar-refractivity contribution in [3.63, 3.8) is 0 Å². The fourth-order valence-electron chi connectivity index (χ4n) is 3.53. The van der Waals surface area contributed by atoms with Crippen molar-refractivity contribution in [1.82, 2.24) is 15.2 Å². The maximum absolute atomic E-state index is 12.7. The Morgan fingerprint density at radius 1 is 1.26 bits per heavy atom. The minimum Gasteiger partial charge on any atom is -0.496 e. The van der Waals surface area contributed by atoms with Gasteiger partial charge in [0.05, 0.1) is 13.2 Å². The molecule has 1 atom stereocenters. The van der Waals surface area contributed by atoms with Crippen molar-refractivity contribution in [3.8, 4) is 5.75 Å². The molecule has 0 spiro atoms. The molecule has 1 unspecified atom stereocenters. The molecule has 1 amide bonds. The molecule has 1 aromatic heterocycles. The highest BCUT2D eigenvalue weighted by molar-refractivity contribution is 5.94. The van der Waals surface area contributed by atoms with Gasteiger partial charge in [-0.2, -0.15) is 0 Å². The summed E-state index contributed by atoms with van der Waals surface area (Å²) < 4.78 is 5.57. The van der Waals surface area contributed by atoms with Gasteiger partial charge in [-0.3, -0.25) is 9.69 Å². The molecule has 144 valence electrons. The zero-order valence-electron chi connectivity index (χ0n) is 16.3. The van der Waals surface area contributed by atoms with E-state index in [0.717, 1.165) is 30.2 Å². The maximum Gasteiger partial charge on any atom is 0.251 e. The summed E-state index contributed by atoms with van der Waals surface area (Å²) in [7, 11) is 5.52. The molecule has 6 nitrogen and oxygen atoms in total. The van der Waals surface area contributed by atoms with Crippen LogP contribution in [0.5, 0.6) is 5.75 Å². The summed E-state index contributed by atoms with van der Waals surface area (Å²) in [6.07, 6.45) is 4.05. The molecule has 0 saturated carbocycles. The molecule has 27 heavy (non-hydrogen) atoms. The first-order chi connectivity index (χ1) is 13.1. The number of hydrogen-bond donors (Lipinski definition) is 1. The first-order valence-corrected chi connectivity index (χ1v) is 9.38. The third kappa shape index (κ3) is 4.57. The summed E-state index contributed by atoms with van der Waals surface area (Å²) in [6, 6.07) is 11.7. The molecule has 0 radical (unpaired) electrons. The monoisotopic (exact) mass is 368 g/mol. The van der Waals surface area contributed by atoms with Crippen molar-refractivity contribution >= 4 is 11.7 Å². The summed E-state index contributed by atoms with van der Waals surface area (Å²) in [5.74, 6) is 1.55. The van der Waals surface area contributed by atoms with Crippen molar-refractivity contribution in [2.45, 2.75) is 18.9 Å². The number of ether oxygens (including phenoxy) is 1. The Bertz CT molecular complexity index is 772. The second-order valence-corrected chi connectivity index (χ2v) is 7.01. The zero-order valence-corrected chi connectivity index (χ0v) is 16.3. The second kappa shape index (κ2) is 8.86. The molecule has 1 aliphatic rings. The van der Waals surface area contributed by atoms with Gasteiger partial charge in [-0.15, -0.1) is 0 Å². The number of methoxy groups -OCH3 is 1. The Morgan fingerprint density at radius 2 is 2.00 bits per heavy atom. The van der Waals surface area contributed by atoms with E-state index < -0.39 is 0 Å². The van der Waals surface area contributed by atoms with Gasteiger partial charge in [0.15, 0.2) is 0 Å². The summed E-state index contributed by atoms with van der Waals surface area (Å²) in [5.41, 5.74) is 1.74. The molecule has 1 saturated heterocycles. The number of amides is 1. The number of carbonyl (C=O) groups excluding carboxylic acids is 1. The highest BCUT2D eigenvalue weighted by Crippen LogP contribution is 2.31. The van der Waals surface area contributed by atoms with Crippen LogP contribution in [0.4, 0.5) is 5.82 Å². The van der Waals surface area contributed by atoms with Gasteiger partial charge in [0.2, 0.25) is 0 Å². The molecule has 2 heterocycles. The summed E-state index contributed by atoms with van der Waals surface area (Å²) in [6.45, 7) is 2.62. The van der Waals surface area contributed by atoms with E-state index in [1.807, 2.05) is 43.3 Å². The van der Waals surface area contributed by atoms with E-state index in [4.69, 9.17) is 4.74 Å². The van der Waals surface area contributed by atoms with E-state index >= 15 is 0 Å². The van der Waals surface area contributed by atoms with Crippen LogP contribution in [0.1, 0.15) is 34.8 Å². The minimum absolute atomic E-state index is 0.0837. The van der Waals surface area contributed by atoms with Gasteiger partial charge in [-0.25, -0.2) is 4.98 Å². The molecule has 2 aromatic rings. The van der Waals surface area contributed by atoms with Crippen LogP contribution in [-0.2, 0) is 0 Å². The van der Waals surface area contributed by atoms with Crippen LogP contribution < -0.4 is 15.0 Å². The number of para-hydroxylation sites is 1. The third-order valence-electron chi connectivity index (χ3n) is 5.00. The number of rotatable bonds is 7. The Hall–Kier alpha value is -2.60. The van der Waals surface area contributed by atoms with Crippen LogP contribution in [-0.4, -0.2) is 56.6 Å². The topological polar surface area (TPSA) is 57.7 Å². The van der Waals surface area contributed by atoms with E-state index in [1.54, 1.807) is 19.4 Å². The van der Waals surface area contributed by atoms with Crippen molar-refractivity contribution < 1.29 is 9.53 Å². The van der Waals surface area contributed by atoms with Gasteiger partial charge in [-0.1, -0.05) is 18.2 Å². The SMILES string of the molecule is COc1ccccc1C(CNC(=O)c1ccnc(N(C)C)c1)N1CCCC1. The molecule has 1 fully saturated rings. The summed E-state index contributed by atoms with van der Waals surface area (Å²) in [5, 5.41) is 3.11. The number of anilines is 1. The Labute approximate surface area is 161 Å². The largest absolute Gasteiger partial charge is 0.496 e. The number of carbonyl (C=O) groups is 1. The van der Waals surface area contributed by atoms with Crippen molar-refractivity contribution in [2.24, 2.45) is 0 Å². The van der Waals surface area contributed by atoms with Crippen LogP contribution in [0.3, 0.4) is 0 Å². The van der Waals surface area contributed by atoms with Crippen molar-refractivity contribution in [2.75, 3.05) is 45.7 Å². The van der Waals surface area contributed by atoms with Crippen LogP contribution >= 0.6 is 0 Å². The molecule has 6 heteroatoms. The standard InChI is InChI=1S/C21H28N4O2/c1-24(2)20-14-16(10-11-22-20)21(26)23-15-18(25-12-6-7-13-25)17-8-4-5-9-19(17)27-3/h4-5,8-11,14,18H,6-7,12-13,15H2,1-3H3,(H,23,26). The molecular weight excluding hydrogens is 340 g/mol. The van der Waals surface area contributed by atoms with Gasteiger partial charge in [0, 0.05) is 38.0 Å². The average Bonchev–Trinajstić information content (AvgIpc) is 3.23. The normalized spacial score (nSPS) is 15.4. The number of pyridine rings is 1. The Morgan fingerprint density at radius 3 is 2.70 bits per heavy atom. The van der Waals surface area contributed by atoms with Crippen LogP contribution in [0.25, 0.3) is 0 Å². The number of hydrogen-bond acceptors (Lipinski definition) is 5. The molecule has 1 N–H and O–H groups in total. The highest BCUT2D eigenvalue weighted by atomic mass is 16.5. The fraction of sp³-hybridized carbons (Fsp3) is 0.429. The predicted molar refractivity (Wildman–Crippen MR) is 107 cm³/mol. The van der Waals surface area contributed by atoms with Gasteiger partial charge in [0.1, 0.15) is 11.6 Å². The van der Waals surface area contributed by atoms with Crippen LogP contribution in [0, 0.1) is 0 Å². The quantitative estimate of drug-likeness (QED) is 0.814. The van der Waals surface area contributed by atoms with E-state index in [1.165, 1.54) is 12.8 Å². The molecular formula is C21H28N4O2. The fourth-order valence-corrected chi connectivity index (χ4v) is 3.53. The predicted octanol–water partition coefficient (Wildman–Crippen LogP) is 2.72. The maximum atomic E-state index is 12.7. The van der Waals surface area contributed by atoms with Crippen molar-refractivity contribution in [1.29, 1.82) is 0 Å². The van der Waals surface area contributed by atoms with E-state index in [0.29, 0.717) is 12.1 Å². The van der Waals surface area contributed by atoms with E-state index in [9.17, 15) is 4.79 Å². The Balaban J connectivity index is 1.77. The lowest BCUT2D eigenvalue weighted by Gasteiger charge is -2.29. The van der Waals surface area contributed by atoms with Gasteiger partial charge < -0.3 is 15.0 Å². The van der Waals surface area contributed by atoms with Gasteiger partial charge in [0.25, 0.3) is 5.91 Å². The first kappa shape index (κ1) is 19.2. The number of nitrogens with zero attached hydrogens (tertiary/aromatic N) is 3. The summed E-state index contributed by atoms with van der Waals surface area (Å²) >= 11 is 0. The van der Waals surface area contributed by atoms with Gasteiger partial charge in [-0.05, 0) is 44.1 Å². The summed E-state index contributed by atoms with van der Waals surface area (Å²) in [4.78, 5) is 21.3. The molecule has 3 rings (SSSR count). The van der Waals surface area contributed by atoms with E-state index in [2.05, 4.69) is 21.3 Å². The highest BCUT2D eigenvalue weighted by Gasteiger charge is 2.26. The molecule has 0 bridgehead atoms. The van der Waals surface area contributed by atoms with Gasteiger partial charge >= 0.3 is 0 Å². The van der Waals surface area contributed by atoms with Crippen LogP contribution in [0.2, 0.25) is 0 Å².